The summed E-state index contributed by atoms with van der Waals surface area (Å²) in [6.07, 6.45) is 0. The molecule has 0 fully saturated rings. The van der Waals surface area contributed by atoms with Crippen molar-refractivity contribution < 1.29 is 14.3 Å². The van der Waals surface area contributed by atoms with Gasteiger partial charge in [0.25, 0.3) is 0 Å². The van der Waals surface area contributed by atoms with Gasteiger partial charge in [0.05, 0.1) is 13.2 Å². The van der Waals surface area contributed by atoms with E-state index in [1.807, 2.05) is 0 Å². The maximum atomic E-state index is 10.9. The molecule has 0 aromatic rings. The summed E-state index contributed by atoms with van der Waals surface area (Å²) in [6, 6.07) is 0. The van der Waals surface area contributed by atoms with Crippen molar-refractivity contribution in [2.24, 2.45) is 0 Å². The maximum Gasteiger partial charge on any atom is 0.365 e. The second-order valence-corrected chi connectivity index (χ2v) is 2.38. The average Bonchev–Trinajstić information content (AvgIpc) is 2.05. The van der Waals surface area contributed by atoms with Gasteiger partial charge in [-0.1, -0.05) is 12.2 Å². The summed E-state index contributed by atoms with van der Waals surface area (Å²) < 4.78 is 9.41. The Kier molecular flexibility index (Phi) is 6.60. The lowest BCUT2D eigenvalue weighted by atomic mass is 10.6. The molecule has 0 aliphatic rings. The Morgan fingerprint density at radius 3 is 2.75 bits per heavy atom. The van der Waals surface area contributed by atoms with Crippen molar-refractivity contribution in [2.75, 3.05) is 26.9 Å². The van der Waals surface area contributed by atoms with Crippen molar-refractivity contribution in [3.05, 3.63) is 0 Å². The van der Waals surface area contributed by atoms with Crippen LogP contribution in [0.4, 0.5) is 0 Å². The molecule has 0 saturated heterocycles. The monoisotopic (exact) mass is 191 g/mol. The molecule has 0 aromatic carbocycles. The predicted molar refractivity (Wildman–Crippen MR) is 49.1 cm³/mol. The first-order valence-electron chi connectivity index (χ1n) is 3.66. The van der Waals surface area contributed by atoms with Gasteiger partial charge in [-0.3, -0.25) is 0 Å². The molecule has 5 heteroatoms. The summed E-state index contributed by atoms with van der Waals surface area (Å²) in [6.45, 7) is 3.11. The van der Waals surface area contributed by atoms with Crippen LogP contribution in [0.25, 0.3) is 0 Å². The molecule has 0 aromatic heterocycles. The first kappa shape index (κ1) is 11.3. The third-order valence-corrected chi connectivity index (χ3v) is 1.36. The fourth-order valence-electron chi connectivity index (χ4n) is 0.535. The molecule has 0 atom stereocenters. The first-order valence-corrected chi connectivity index (χ1v) is 4.07. The zero-order chi connectivity index (χ0) is 9.40. The van der Waals surface area contributed by atoms with Crippen LogP contribution in [0.3, 0.4) is 0 Å². The largest absolute Gasteiger partial charge is 0.461 e. The fraction of sp³-hybridized carbons (Fsp3) is 0.714. The molecule has 0 saturated carbocycles. The number of ether oxygens (including phenoxy) is 2. The van der Waals surface area contributed by atoms with Crippen molar-refractivity contribution in [3.63, 3.8) is 0 Å². The molecule has 1 N–H and O–H groups in total. The van der Waals surface area contributed by atoms with E-state index in [4.69, 9.17) is 17.0 Å². The van der Waals surface area contributed by atoms with Crippen molar-refractivity contribution in [1.29, 1.82) is 0 Å². The number of esters is 1. The van der Waals surface area contributed by atoms with E-state index in [0.29, 0.717) is 19.8 Å². The molecule has 12 heavy (non-hydrogen) atoms. The Morgan fingerprint density at radius 1 is 1.58 bits per heavy atom. The number of methoxy groups -OCH3 is 1. The van der Waals surface area contributed by atoms with Gasteiger partial charge >= 0.3 is 5.97 Å². The summed E-state index contributed by atoms with van der Waals surface area (Å²) in [4.78, 5) is 11.0. The van der Waals surface area contributed by atoms with Gasteiger partial charge < -0.3 is 14.8 Å². The second-order valence-electron chi connectivity index (χ2n) is 1.97. The Hall–Kier alpha value is -0.680. The molecular formula is C7H13NO3S. The Morgan fingerprint density at radius 2 is 2.25 bits per heavy atom. The van der Waals surface area contributed by atoms with E-state index >= 15 is 0 Å². The Bertz CT molecular complexity index is 161. The standard InChI is InChI=1S/C7H13NO3S/c1-3-11-7(9)6(12)8-4-5-10-2/h3-5H2,1-2H3,(H,8,12). The smallest absolute Gasteiger partial charge is 0.365 e. The Labute approximate surface area is 77.2 Å². The summed E-state index contributed by atoms with van der Waals surface area (Å²) >= 11 is 4.71. The first-order chi connectivity index (χ1) is 5.72. The van der Waals surface area contributed by atoms with Crippen molar-refractivity contribution in [1.82, 2.24) is 5.32 Å². The number of rotatable bonds is 4. The SMILES string of the molecule is CCOC(=O)C(=S)NCCOC. The van der Waals surface area contributed by atoms with E-state index in [2.05, 4.69) is 10.1 Å². The van der Waals surface area contributed by atoms with Crippen molar-refractivity contribution >= 4 is 23.2 Å². The minimum Gasteiger partial charge on any atom is -0.461 e. The van der Waals surface area contributed by atoms with Gasteiger partial charge in [-0.25, -0.2) is 4.79 Å². The normalized spacial score (nSPS) is 9.17. The molecule has 0 rings (SSSR count). The fourth-order valence-corrected chi connectivity index (χ4v) is 0.696. The predicted octanol–water partition coefficient (Wildman–Crippen LogP) is 0.113. The number of hydrogen-bond acceptors (Lipinski definition) is 4. The summed E-state index contributed by atoms with van der Waals surface area (Å²) in [5.41, 5.74) is 0. The van der Waals surface area contributed by atoms with Crippen LogP contribution in [0, 0.1) is 0 Å². The zero-order valence-electron chi connectivity index (χ0n) is 7.25. The topological polar surface area (TPSA) is 47.6 Å². The molecule has 0 radical (unpaired) electrons. The van der Waals surface area contributed by atoms with Crippen LogP contribution >= 0.6 is 12.2 Å². The molecule has 0 aliphatic carbocycles. The van der Waals surface area contributed by atoms with Crippen LogP contribution in [0.5, 0.6) is 0 Å². The number of nitrogens with one attached hydrogen (secondary N) is 1. The van der Waals surface area contributed by atoms with E-state index < -0.39 is 5.97 Å². The highest BCUT2D eigenvalue weighted by molar-refractivity contribution is 7.81. The van der Waals surface area contributed by atoms with Crippen LogP contribution in [0.1, 0.15) is 6.92 Å². The van der Waals surface area contributed by atoms with Gasteiger partial charge in [0.1, 0.15) is 0 Å². The Balaban J connectivity index is 3.50. The lowest BCUT2D eigenvalue weighted by Gasteiger charge is -2.05. The minimum absolute atomic E-state index is 0.105. The molecule has 0 bridgehead atoms. The molecular weight excluding hydrogens is 178 g/mol. The van der Waals surface area contributed by atoms with Crippen LogP contribution in [-0.2, 0) is 14.3 Å². The van der Waals surface area contributed by atoms with Gasteiger partial charge in [0.15, 0.2) is 4.99 Å². The highest BCUT2D eigenvalue weighted by Crippen LogP contribution is 1.81. The van der Waals surface area contributed by atoms with Crippen molar-refractivity contribution in [3.8, 4) is 0 Å². The summed E-state index contributed by atoms with van der Waals surface area (Å²) in [5.74, 6) is -0.483. The molecule has 0 spiro atoms. The van der Waals surface area contributed by atoms with Crippen molar-refractivity contribution in [2.45, 2.75) is 6.92 Å². The van der Waals surface area contributed by atoms with E-state index in [1.165, 1.54) is 0 Å². The van der Waals surface area contributed by atoms with Gasteiger partial charge in [-0.15, -0.1) is 0 Å². The third kappa shape index (κ3) is 5.03. The molecule has 0 amide bonds. The van der Waals surface area contributed by atoms with Crippen LogP contribution in [0.2, 0.25) is 0 Å². The van der Waals surface area contributed by atoms with E-state index in [-0.39, 0.29) is 4.99 Å². The molecule has 70 valence electrons. The minimum atomic E-state index is -0.483. The van der Waals surface area contributed by atoms with Crippen LogP contribution in [-0.4, -0.2) is 37.8 Å². The third-order valence-electron chi connectivity index (χ3n) is 1.05. The van der Waals surface area contributed by atoms with Gasteiger partial charge in [-0.2, -0.15) is 0 Å². The van der Waals surface area contributed by atoms with E-state index in [0.717, 1.165) is 0 Å². The molecule has 4 nitrogen and oxygen atoms in total. The molecule has 0 heterocycles. The lowest BCUT2D eigenvalue weighted by molar-refractivity contribution is -0.135. The van der Waals surface area contributed by atoms with Crippen LogP contribution in [0.15, 0.2) is 0 Å². The number of carbonyl (C=O) groups is 1. The van der Waals surface area contributed by atoms with Gasteiger partial charge in [0.2, 0.25) is 0 Å². The number of hydrogen-bond donors (Lipinski definition) is 1. The summed E-state index contributed by atoms with van der Waals surface area (Å²) in [5, 5.41) is 2.70. The number of carbonyl (C=O) groups excluding carboxylic acids is 1. The molecule has 0 unspecified atom stereocenters. The quantitative estimate of drug-likeness (QED) is 0.388. The summed E-state index contributed by atoms with van der Waals surface area (Å²) in [7, 11) is 1.58. The zero-order valence-corrected chi connectivity index (χ0v) is 8.07. The van der Waals surface area contributed by atoms with Crippen LogP contribution < -0.4 is 5.32 Å². The molecule has 0 aliphatic heterocycles. The van der Waals surface area contributed by atoms with E-state index in [9.17, 15) is 4.79 Å². The lowest BCUT2D eigenvalue weighted by Crippen LogP contribution is -2.33. The average molecular weight is 191 g/mol. The number of thiocarbonyl (C=S) groups is 1. The highest BCUT2D eigenvalue weighted by Gasteiger charge is 2.07. The second kappa shape index (κ2) is 7.00. The van der Waals surface area contributed by atoms with Gasteiger partial charge in [-0.05, 0) is 6.92 Å². The highest BCUT2D eigenvalue weighted by atomic mass is 32.1. The maximum absolute atomic E-state index is 10.9. The van der Waals surface area contributed by atoms with E-state index in [1.54, 1.807) is 14.0 Å². The van der Waals surface area contributed by atoms with Gasteiger partial charge in [0, 0.05) is 13.7 Å².